The van der Waals surface area contributed by atoms with E-state index in [4.69, 9.17) is 4.74 Å². The van der Waals surface area contributed by atoms with Crippen LogP contribution in [0, 0.1) is 0 Å². The number of hydrogen-bond acceptors (Lipinski definition) is 4. The Hall–Kier alpha value is -0.170. The Labute approximate surface area is 111 Å². The molecule has 1 rings (SSSR count). The summed E-state index contributed by atoms with van der Waals surface area (Å²) in [5.74, 6) is 0.215. The largest absolute Gasteiger partial charge is 0.377 e. The highest BCUT2D eigenvalue weighted by Crippen LogP contribution is 2.14. The van der Waals surface area contributed by atoms with Crippen molar-refractivity contribution in [2.45, 2.75) is 38.7 Å². The fraction of sp³-hybridized carbons (Fsp3) is 1.00. The average molecular weight is 278 g/mol. The molecule has 0 aliphatic carbocycles. The summed E-state index contributed by atoms with van der Waals surface area (Å²) in [6.07, 6.45) is 3.84. The van der Waals surface area contributed by atoms with Crippen molar-refractivity contribution in [3.63, 3.8) is 0 Å². The van der Waals surface area contributed by atoms with Crippen molar-refractivity contribution in [2.24, 2.45) is 0 Å². The molecule has 0 aromatic heterocycles. The summed E-state index contributed by atoms with van der Waals surface area (Å²) in [6.45, 7) is 5.07. The first kappa shape index (κ1) is 15.9. The number of ether oxygens (including phenoxy) is 1. The van der Waals surface area contributed by atoms with Crippen LogP contribution in [-0.2, 0) is 14.8 Å². The van der Waals surface area contributed by atoms with Crippen LogP contribution < -0.4 is 5.32 Å². The van der Waals surface area contributed by atoms with E-state index in [9.17, 15) is 8.42 Å². The van der Waals surface area contributed by atoms with Crippen LogP contribution in [0.15, 0.2) is 0 Å². The predicted molar refractivity (Wildman–Crippen MR) is 73.2 cm³/mol. The van der Waals surface area contributed by atoms with Crippen LogP contribution >= 0.6 is 0 Å². The zero-order valence-corrected chi connectivity index (χ0v) is 12.3. The van der Waals surface area contributed by atoms with Crippen molar-refractivity contribution in [1.29, 1.82) is 0 Å². The molecule has 1 aliphatic rings. The Bertz CT molecular complexity index is 313. The van der Waals surface area contributed by atoms with Gasteiger partial charge in [-0.05, 0) is 38.8 Å². The second-order valence-corrected chi connectivity index (χ2v) is 7.03. The molecule has 5 nitrogen and oxygen atoms in total. The van der Waals surface area contributed by atoms with Crippen molar-refractivity contribution in [3.8, 4) is 0 Å². The van der Waals surface area contributed by atoms with Crippen LogP contribution in [0.1, 0.15) is 32.6 Å². The molecule has 1 N–H and O–H groups in total. The summed E-state index contributed by atoms with van der Waals surface area (Å²) < 4.78 is 30.9. The van der Waals surface area contributed by atoms with Crippen molar-refractivity contribution in [1.82, 2.24) is 9.62 Å². The lowest BCUT2D eigenvalue weighted by Crippen LogP contribution is -2.36. The molecule has 0 aromatic rings. The molecule has 18 heavy (non-hydrogen) atoms. The molecule has 0 amide bonds. The molecule has 108 valence electrons. The van der Waals surface area contributed by atoms with E-state index >= 15 is 0 Å². The lowest BCUT2D eigenvalue weighted by molar-refractivity contribution is 0.0979. The van der Waals surface area contributed by atoms with Gasteiger partial charge < -0.3 is 10.1 Å². The monoisotopic (exact) mass is 278 g/mol. The average Bonchev–Trinajstić information content (AvgIpc) is 2.81. The molecule has 0 radical (unpaired) electrons. The number of hydrogen-bond donors (Lipinski definition) is 1. The van der Waals surface area contributed by atoms with Gasteiger partial charge in [0.2, 0.25) is 10.0 Å². The van der Waals surface area contributed by atoms with E-state index in [1.807, 2.05) is 0 Å². The molecule has 1 saturated heterocycles. The van der Waals surface area contributed by atoms with Crippen molar-refractivity contribution < 1.29 is 13.2 Å². The lowest BCUT2D eigenvalue weighted by Gasteiger charge is -2.20. The summed E-state index contributed by atoms with van der Waals surface area (Å²) in [6, 6.07) is 0. The summed E-state index contributed by atoms with van der Waals surface area (Å²) in [4.78, 5) is 0. The van der Waals surface area contributed by atoms with Gasteiger partial charge in [0.05, 0.1) is 11.9 Å². The van der Waals surface area contributed by atoms with Gasteiger partial charge in [0.1, 0.15) is 0 Å². The van der Waals surface area contributed by atoms with E-state index < -0.39 is 10.0 Å². The molecule has 0 saturated carbocycles. The highest BCUT2D eigenvalue weighted by molar-refractivity contribution is 7.89. The summed E-state index contributed by atoms with van der Waals surface area (Å²) in [7, 11) is -1.47. The minimum absolute atomic E-state index is 0.0861. The van der Waals surface area contributed by atoms with E-state index in [0.29, 0.717) is 13.0 Å². The van der Waals surface area contributed by atoms with Crippen LogP contribution in [0.2, 0.25) is 0 Å². The maximum absolute atomic E-state index is 12.0. The van der Waals surface area contributed by atoms with Gasteiger partial charge in [-0.1, -0.05) is 6.92 Å². The summed E-state index contributed by atoms with van der Waals surface area (Å²) in [5, 5.41) is 3.21. The van der Waals surface area contributed by atoms with Gasteiger partial charge in [0, 0.05) is 20.2 Å². The Morgan fingerprint density at radius 1 is 1.39 bits per heavy atom. The second kappa shape index (κ2) is 8.09. The van der Waals surface area contributed by atoms with Gasteiger partial charge in [0.25, 0.3) is 0 Å². The van der Waals surface area contributed by atoms with Gasteiger partial charge in [0.15, 0.2) is 0 Å². The normalized spacial score (nSPS) is 20.7. The molecular formula is C12H26N2O3S. The van der Waals surface area contributed by atoms with Gasteiger partial charge in [-0.15, -0.1) is 0 Å². The van der Waals surface area contributed by atoms with Crippen LogP contribution in [0.4, 0.5) is 0 Å². The first-order valence-corrected chi connectivity index (χ1v) is 8.43. The number of likely N-dealkylation sites (N-methyl/N-ethyl adjacent to an activating group) is 1. The van der Waals surface area contributed by atoms with Crippen molar-refractivity contribution in [2.75, 3.05) is 39.0 Å². The third-order valence-electron chi connectivity index (χ3n) is 3.14. The van der Waals surface area contributed by atoms with Crippen LogP contribution in [0.3, 0.4) is 0 Å². The molecule has 1 unspecified atom stereocenters. The first-order chi connectivity index (χ1) is 8.56. The van der Waals surface area contributed by atoms with E-state index in [0.717, 1.165) is 39.0 Å². The fourth-order valence-electron chi connectivity index (χ4n) is 2.03. The molecule has 1 heterocycles. The lowest BCUT2D eigenvalue weighted by atomic mass is 10.2. The standard InChI is InChI=1S/C12H26N2O3S/c1-3-7-13-8-5-10-18(15,16)14(2)11-12-6-4-9-17-12/h12-13H,3-11H2,1-2H3. The molecule has 1 aliphatic heterocycles. The van der Waals surface area contributed by atoms with Gasteiger partial charge >= 0.3 is 0 Å². The molecule has 0 aromatic carbocycles. The zero-order valence-electron chi connectivity index (χ0n) is 11.5. The quantitative estimate of drug-likeness (QED) is 0.634. The SMILES string of the molecule is CCCNCCCS(=O)(=O)N(C)CC1CCCO1. The number of rotatable bonds is 9. The topological polar surface area (TPSA) is 58.6 Å². The highest BCUT2D eigenvalue weighted by Gasteiger charge is 2.23. The first-order valence-electron chi connectivity index (χ1n) is 6.82. The van der Waals surface area contributed by atoms with E-state index in [1.165, 1.54) is 4.31 Å². The van der Waals surface area contributed by atoms with Gasteiger partial charge in [-0.25, -0.2) is 12.7 Å². The van der Waals surface area contributed by atoms with Crippen LogP contribution in [0.25, 0.3) is 0 Å². The van der Waals surface area contributed by atoms with Gasteiger partial charge in [-0.3, -0.25) is 0 Å². The Kier molecular flexibility index (Phi) is 7.14. The maximum Gasteiger partial charge on any atom is 0.213 e. The molecule has 0 spiro atoms. The van der Waals surface area contributed by atoms with E-state index in [2.05, 4.69) is 12.2 Å². The number of sulfonamides is 1. The molecule has 6 heteroatoms. The third-order valence-corrected chi connectivity index (χ3v) is 5.05. The summed E-state index contributed by atoms with van der Waals surface area (Å²) >= 11 is 0. The molecule has 0 bridgehead atoms. The Morgan fingerprint density at radius 2 is 2.17 bits per heavy atom. The van der Waals surface area contributed by atoms with Crippen LogP contribution in [0.5, 0.6) is 0 Å². The number of nitrogens with one attached hydrogen (secondary N) is 1. The zero-order chi connectivity index (χ0) is 13.4. The summed E-state index contributed by atoms with van der Waals surface area (Å²) in [5.41, 5.74) is 0. The Balaban J connectivity index is 2.23. The highest BCUT2D eigenvalue weighted by atomic mass is 32.2. The van der Waals surface area contributed by atoms with E-state index in [-0.39, 0.29) is 11.9 Å². The minimum atomic E-state index is -3.12. The smallest absolute Gasteiger partial charge is 0.213 e. The number of nitrogens with zero attached hydrogens (tertiary/aromatic N) is 1. The Morgan fingerprint density at radius 3 is 2.78 bits per heavy atom. The van der Waals surface area contributed by atoms with Crippen LogP contribution in [-0.4, -0.2) is 57.9 Å². The molecule has 1 fully saturated rings. The van der Waals surface area contributed by atoms with E-state index in [1.54, 1.807) is 7.05 Å². The molecule has 1 atom stereocenters. The van der Waals surface area contributed by atoms with Crippen molar-refractivity contribution >= 4 is 10.0 Å². The third kappa shape index (κ3) is 5.65. The van der Waals surface area contributed by atoms with Crippen molar-refractivity contribution in [3.05, 3.63) is 0 Å². The second-order valence-electron chi connectivity index (χ2n) is 4.84. The predicted octanol–water partition coefficient (Wildman–Crippen LogP) is 0.817. The fourth-order valence-corrected chi connectivity index (χ4v) is 3.24. The minimum Gasteiger partial charge on any atom is -0.377 e. The van der Waals surface area contributed by atoms with Gasteiger partial charge in [-0.2, -0.15) is 0 Å². The molecular weight excluding hydrogens is 252 g/mol. The maximum atomic E-state index is 12.0.